The van der Waals surface area contributed by atoms with Crippen LogP contribution in [0.2, 0.25) is 0 Å². The standard InChI is InChI=1S/C39H37N5O6/c1-47-32-12-11-27-21-34(32)49-18-6-16-41-36(45)13-10-25-7-5-8-29(19-25)50-35-20-26-14-17-44(37(27)30(26)22-33(35)48-2)39(46)28-23-42-38(43-24-28)31-9-3-4-15-40-31/h3-5,7-9,11-12,15,19-24,37H,6,10,13-14,16-18H2,1-2H3,(H,41,45). The lowest BCUT2D eigenvalue weighted by Crippen LogP contribution is -2.40. The Bertz CT molecular complexity index is 2000. The number of ether oxygens (including phenoxy) is 4. The first-order chi connectivity index (χ1) is 24.5. The van der Waals surface area contributed by atoms with Crippen LogP contribution in [-0.2, 0) is 17.6 Å². The zero-order valence-corrected chi connectivity index (χ0v) is 27.9. The maximum absolute atomic E-state index is 14.3. The van der Waals surface area contributed by atoms with E-state index in [1.54, 1.807) is 32.8 Å². The van der Waals surface area contributed by atoms with Gasteiger partial charge in [-0.25, -0.2) is 9.97 Å². The summed E-state index contributed by atoms with van der Waals surface area (Å²) in [7, 11) is 3.19. The number of benzene rings is 3. The van der Waals surface area contributed by atoms with Crippen molar-refractivity contribution in [3.63, 3.8) is 0 Å². The van der Waals surface area contributed by atoms with E-state index in [1.807, 2.05) is 77.7 Å². The third-order valence-electron chi connectivity index (χ3n) is 8.88. The summed E-state index contributed by atoms with van der Waals surface area (Å²) < 4.78 is 24.2. The van der Waals surface area contributed by atoms with Crippen LogP contribution in [0.4, 0.5) is 0 Å². The second-order valence-electron chi connectivity index (χ2n) is 12.1. The minimum Gasteiger partial charge on any atom is -0.493 e. The first-order valence-electron chi connectivity index (χ1n) is 16.6. The number of fused-ring (bicyclic) bond motifs is 8. The normalized spacial score (nSPS) is 16.0. The number of carbonyl (C=O) groups is 2. The number of amides is 2. The Morgan fingerprint density at radius 2 is 1.74 bits per heavy atom. The zero-order valence-electron chi connectivity index (χ0n) is 27.9. The Morgan fingerprint density at radius 1 is 0.880 bits per heavy atom. The van der Waals surface area contributed by atoms with Gasteiger partial charge in [0.1, 0.15) is 11.4 Å². The van der Waals surface area contributed by atoms with Crippen molar-refractivity contribution >= 4 is 11.8 Å². The summed E-state index contributed by atoms with van der Waals surface area (Å²) in [5, 5.41) is 2.98. The lowest BCUT2D eigenvalue weighted by molar-refractivity contribution is -0.121. The smallest absolute Gasteiger partial charge is 0.257 e. The quantitative estimate of drug-likeness (QED) is 0.246. The highest BCUT2D eigenvalue weighted by Crippen LogP contribution is 2.44. The van der Waals surface area contributed by atoms with E-state index in [1.165, 1.54) is 0 Å². The van der Waals surface area contributed by atoms with E-state index in [9.17, 15) is 9.59 Å². The van der Waals surface area contributed by atoms with Crippen molar-refractivity contribution in [2.45, 2.75) is 31.7 Å². The van der Waals surface area contributed by atoms with Crippen molar-refractivity contribution < 1.29 is 28.5 Å². The van der Waals surface area contributed by atoms with Gasteiger partial charge in [-0.1, -0.05) is 24.3 Å². The molecule has 0 aliphatic carbocycles. The predicted octanol–water partition coefficient (Wildman–Crippen LogP) is 5.97. The molecule has 1 N–H and O–H groups in total. The summed E-state index contributed by atoms with van der Waals surface area (Å²) in [4.78, 5) is 42.0. The van der Waals surface area contributed by atoms with Gasteiger partial charge in [-0.3, -0.25) is 14.6 Å². The molecule has 5 heterocycles. The molecule has 3 aliphatic heterocycles. The molecule has 254 valence electrons. The van der Waals surface area contributed by atoms with Gasteiger partial charge in [-0.05, 0) is 90.0 Å². The van der Waals surface area contributed by atoms with Crippen molar-refractivity contribution in [1.29, 1.82) is 0 Å². The van der Waals surface area contributed by atoms with Crippen molar-refractivity contribution in [2.24, 2.45) is 0 Å². The third-order valence-corrected chi connectivity index (χ3v) is 8.88. The molecule has 11 nitrogen and oxygen atoms in total. The fourth-order valence-corrected chi connectivity index (χ4v) is 6.37. The molecule has 3 aliphatic rings. The van der Waals surface area contributed by atoms with Gasteiger partial charge < -0.3 is 29.2 Å². The summed E-state index contributed by atoms with van der Waals surface area (Å²) in [6.07, 6.45) is 6.90. The van der Waals surface area contributed by atoms with Crippen LogP contribution in [-0.4, -0.2) is 65.6 Å². The molecule has 50 heavy (non-hydrogen) atoms. The molecule has 0 spiro atoms. The molecule has 1 atom stereocenters. The molecule has 2 aromatic heterocycles. The Hall–Kier alpha value is -5.97. The van der Waals surface area contributed by atoms with Crippen LogP contribution < -0.4 is 24.3 Å². The van der Waals surface area contributed by atoms with E-state index in [0.717, 1.165) is 22.3 Å². The monoisotopic (exact) mass is 671 g/mol. The van der Waals surface area contributed by atoms with Gasteiger partial charge in [0.05, 0.1) is 32.4 Å². The molecule has 0 saturated heterocycles. The molecule has 5 aromatic rings. The summed E-state index contributed by atoms with van der Waals surface area (Å²) in [6, 6.07) is 22.4. The summed E-state index contributed by atoms with van der Waals surface area (Å²) in [5.41, 5.74) is 4.73. The minimum absolute atomic E-state index is 0.0290. The van der Waals surface area contributed by atoms with E-state index in [2.05, 4.69) is 20.3 Å². The maximum atomic E-state index is 14.3. The molecule has 0 fully saturated rings. The minimum atomic E-state index is -0.508. The fraction of sp³-hybridized carbons (Fsp3) is 0.256. The molecular weight excluding hydrogens is 634 g/mol. The van der Waals surface area contributed by atoms with E-state index in [4.69, 9.17) is 18.9 Å². The van der Waals surface area contributed by atoms with Gasteiger partial charge in [-0.2, -0.15) is 0 Å². The van der Waals surface area contributed by atoms with Gasteiger partial charge in [0.25, 0.3) is 5.91 Å². The molecule has 3 aromatic carbocycles. The molecule has 1 unspecified atom stereocenters. The number of methoxy groups -OCH3 is 2. The highest BCUT2D eigenvalue weighted by molar-refractivity contribution is 5.94. The van der Waals surface area contributed by atoms with Crippen LogP contribution >= 0.6 is 0 Å². The number of pyridine rings is 1. The van der Waals surface area contributed by atoms with Gasteiger partial charge in [0.2, 0.25) is 5.91 Å². The number of hydrogen-bond donors (Lipinski definition) is 1. The second kappa shape index (κ2) is 14.7. The molecular formula is C39H37N5O6. The van der Waals surface area contributed by atoms with Gasteiger partial charge >= 0.3 is 0 Å². The van der Waals surface area contributed by atoms with Crippen LogP contribution in [0.1, 0.15) is 51.5 Å². The summed E-state index contributed by atoms with van der Waals surface area (Å²) >= 11 is 0. The number of carbonyl (C=O) groups excluding carboxylic acids is 2. The Kier molecular flexibility index (Phi) is 9.54. The molecule has 8 bridgehead atoms. The Balaban J connectivity index is 1.31. The fourth-order valence-electron chi connectivity index (χ4n) is 6.37. The molecule has 0 saturated carbocycles. The number of aromatic nitrogens is 3. The number of hydrogen-bond acceptors (Lipinski definition) is 9. The van der Waals surface area contributed by atoms with E-state index < -0.39 is 6.04 Å². The Labute approximate surface area is 290 Å². The average molecular weight is 672 g/mol. The van der Waals surface area contributed by atoms with Crippen LogP contribution in [0.25, 0.3) is 11.5 Å². The summed E-state index contributed by atoms with van der Waals surface area (Å²) in [5.74, 6) is 3.03. The zero-order chi connectivity index (χ0) is 34.5. The molecule has 2 amide bonds. The van der Waals surface area contributed by atoms with Gasteiger partial charge in [-0.15, -0.1) is 0 Å². The first-order valence-corrected chi connectivity index (χ1v) is 16.6. The van der Waals surface area contributed by atoms with Crippen molar-refractivity contribution in [2.75, 3.05) is 33.9 Å². The largest absolute Gasteiger partial charge is 0.493 e. The summed E-state index contributed by atoms with van der Waals surface area (Å²) in [6.45, 7) is 1.27. The van der Waals surface area contributed by atoms with Crippen molar-refractivity contribution in [3.05, 3.63) is 119 Å². The second-order valence-corrected chi connectivity index (χ2v) is 12.1. The topological polar surface area (TPSA) is 125 Å². The maximum Gasteiger partial charge on any atom is 0.257 e. The number of nitrogens with zero attached hydrogens (tertiary/aromatic N) is 4. The van der Waals surface area contributed by atoms with Crippen LogP contribution in [0.15, 0.2) is 91.4 Å². The van der Waals surface area contributed by atoms with Gasteiger partial charge in [0.15, 0.2) is 28.8 Å². The lowest BCUT2D eigenvalue weighted by Gasteiger charge is -2.38. The van der Waals surface area contributed by atoms with E-state index in [0.29, 0.717) is 91.2 Å². The van der Waals surface area contributed by atoms with E-state index in [-0.39, 0.29) is 11.8 Å². The SMILES string of the molecule is COc1ccc2cc1OCCCNC(=O)CCc1cccc(c1)Oc1cc3c(cc1OC)C2N(C(=O)c1cnc(-c2ccccn2)nc1)CC3. The Morgan fingerprint density at radius 3 is 2.54 bits per heavy atom. The number of aryl methyl sites for hydroxylation is 1. The number of nitrogens with one attached hydrogen (secondary N) is 1. The highest BCUT2D eigenvalue weighted by Gasteiger charge is 2.35. The van der Waals surface area contributed by atoms with Crippen LogP contribution in [0.5, 0.6) is 28.7 Å². The lowest BCUT2D eigenvalue weighted by atomic mass is 9.87. The van der Waals surface area contributed by atoms with Crippen molar-refractivity contribution in [3.8, 4) is 40.3 Å². The first kappa shape index (κ1) is 32.6. The molecule has 11 heteroatoms. The van der Waals surface area contributed by atoms with E-state index >= 15 is 0 Å². The number of rotatable bonds is 4. The molecule has 8 rings (SSSR count). The highest BCUT2D eigenvalue weighted by atomic mass is 16.5. The molecule has 0 radical (unpaired) electrons. The van der Waals surface area contributed by atoms with Crippen LogP contribution in [0.3, 0.4) is 0 Å². The van der Waals surface area contributed by atoms with Crippen molar-refractivity contribution in [1.82, 2.24) is 25.2 Å². The van der Waals surface area contributed by atoms with Crippen LogP contribution in [0, 0.1) is 0 Å². The predicted molar refractivity (Wildman–Crippen MR) is 186 cm³/mol. The van der Waals surface area contributed by atoms with Gasteiger partial charge in [0, 0.05) is 38.1 Å². The average Bonchev–Trinajstić information content (AvgIpc) is 3.16. The third kappa shape index (κ3) is 6.93.